The molecule has 1 aromatic carbocycles. The van der Waals surface area contributed by atoms with Gasteiger partial charge < -0.3 is 9.47 Å². The molecule has 0 spiro atoms. The van der Waals surface area contributed by atoms with Crippen LogP contribution in [0.1, 0.15) is 50.8 Å². The molecule has 0 bridgehead atoms. The maximum atomic E-state index is 13.9. The lowest BCUT2D eigenvalue weighted by atomic mass is 9.79. The minimum Gasteiger partial charge on any atom is -0.493 e. The number of hydrogen-bond donors (Lipinski definition) is 0. The van der Waals surface area contributed by atoms with Crippen molar-refractivity contribution in [2.45, 2.75) is 39.7 Å². The molecular formula is C15H19FO3. The normalized spacial score (nSPS) is 23.9. The topological polar surface area (TPSA) is 35.5 Å². The quantitative estimate of drug-likeness (QED) is 0.767. The molecule has 4 heteroatoms. The van der Waals surface area contributed by atoms with Crippen LogP contribution in [0, 0.1) is 11.2 Å². The van der Waals surface area contributed by atoms with Gasteiger partial charge in [0.05, 0.1) is 7.11 Å². The Labute approximate surface area is 112 Å². The van der Waals surface area contributed by atoms with E-state index in [0.29, 0.717) is 5.56 Å². The van der Waals surface area contributed by atoms with Gasteiger partial charge in [-0.15, -0.1) is 0 Å². The number of carbonyl (C=O) groups excluding carboxylic acids is 1. The third-order valence-corrected chi connectivity index (χ3v) is 4.19. The van der Waals surface area contributed by atoms with Crippen molar-refractivity contribution in [1.82, 2.24) is 0 Å². The summed E-state index contributed by atoms with van der Waals surface area (Å²) in [5.41, 5.74) is 1.35. The lowest BCUT2D eigenvalue weighted by Crippen LogP contribution is -2.24. The predicted molar refractivity (Wildman–Crippen MR) is 69.7 cm³/mol. The number of rotatable bonds is 2. The van der Waals surface area contributed by atoms with Crippen molar-refractivity contribution in [2.24, 2.45) is 5.41 Å². The molecule has 2 atom stereocenters. The Morgan fingerprint density at radius 1 is 1.37 bits per heavy atom. The molecule has 2 rings (SSSR count). The molecule has 0 saturated heterocycles. The third kappa shape index (κ3) is 1.99. The maximum Gasteiger partial charge on any atom is 0.303 e. The van der Waals surface area contributed by atoms with E-state index in [0.717, 1.165) is 5.56 Å². The SMILES string of the molecule is COc1c(F)ccc2c1C(OC(C)=O)C(C)(C)C2C. The number of fused-ring (bicyclic) bond motifs is 1. The standard InChI is InChI=1S/C15H19FO3/c1-8-10-6-7-11(16)13(18-5)12(10)14(15(8,3)4)19-9(2)17/h6-8,14H,1-5H3. The highest BCUT2D eigenvalue weighted by Crippen LogP contribution is 2.58. The van der Waals surface area contributed by atoms with Crippen LogP contribution in [0.2, 0.25) is 0 Å². The van der Waals surface area contributed by atoms with Crippen LogP contribution in [0.3, 0.4) is 0 Å². The van der Waals surface area contributed by atoms with Gasteiger partial charge in [-0.2, -0.15) is 0 Å². The Morgan fingerprint density at radius 3 is 2.53 bits per heavy atom. The Hall–Kier alpha value is -1.58. The summed E-state index contributed by atoms with van der Waals surface area (Å²) in [7, 11) is 1.43. The molecule has 3 nitrogen and oxygen atoms in total. The first kappa shape index (κ1) is 13.8. The largest absolute Gasteiger partial charge is 0.493 e. The van der Waals surface area contributed by atoms with Gasteiger partial charge in [0, 0.05) is 17.9 Å². The number of benzene rings is 1. The van der Waals surface area contributed by atoms with Gasteiger partial charge in [0.25, 0.3) is 0 Å². The van der Waals surface area contributed by atoms with Gasteiger partial charge in [-0.05, 0) is 17.5 Å². The molecular weight excluding hydrogens is 247 g/mol. The Kier molecular flexibility index (Phi) is 3.29. The van der Waals surface area contributed by atoms with E-state index in [-0.39, 0.29) is 23.1 Å². The van der Waals surface area contributed by atoms with Crippen LogP contribution in [0.4, 0.5) is 4.39 Å². The highest BCUT2D eigenvalue weighted by atomic mass is 19.1. The van der Waals surface area contributed by atoms with Crippen molar-refractivity contribution in [3.8, 4) is 5.75 Å². The van der Waals surface area contributed by atoms with E-state index in [1.54, 1.807) is 6.07 Å². The molecule has 0 aromatic heterocycles. The number of halogens is 1. The minimum absolute atomic E-state index is 0.154. The van der Waals surface area contributed by atoms with Crippen LogP contribution in [0.25, 0.3) is 0 Å². The van der Waals surface area contributed by atoms with E-state index in [2.05, 4.69) is 6.92 Å². The van der Waals surface area contributed by atoms with Gasteiger partial charge in [0.2, 0.25) is 0 Å². The van der Waals surface area contributed by atoms with Gasteiger partial charge in [-0.25, -0.2) is 4.39 Å². The van der Waals surface area contributed by atoms with Crippen molar-refractivity contribution in [3.05, 3.63) is 29.1 Å². The first-order valence-corrected chi connectivity index (χ1v) is 6.34. The molecule has 0 radical (unpaired) electrons. The molecule has 2 unspecified atom stereocenters. The predicted octanol–water partition coefficient (Wildman–Crippen LogP) is 3.58. The molecule has 0 fully saturated rings. The van der Waals surface area contributed by atoms with Crippen molar-refractivity contribution >= 4 is 5.97 Å². The summed E-state index contributed by atoms with van der Waals surface area (Å²) in [6.07, 6.45) is -0.486. The fourth-order valence-corrected chi connectivity index (χ4v) is 2.82. The molecule has 0 saturated carbocycles. The second kappa shape index (κ2) is 4.51. The summed E-state index contributed by atoms with van der Waals surface area (Å²) in [6.45, 7) is 7.45. The highest BCUT2D eigenvalue weighted by Gasteiger charge is 2.49. The van der Waals surface area contributed by atoms with Crippen molar-refractivity contribution in [3.63, 3.8) is 0 Å². The smallest absolute Gasteiger partial charge is 0.303 e. The Bertz CT molecular complexity index is 522. The van der Waals surface area contributed by atoms with E-state index in [1.165, 1.54) is 20.1 Å². The molecule has 1 aromatic rings. The van der Waals surface area contributed by atoms with Gasteiger partial charge in [0.1, 0.15) is 6.10 Å². The molecule has 0 amide bonds. The summed E-state index contributed by atoms with van der Waals surface area (Å²) in [4.78, 5) is 11.3. The van der Waals surface area contributed by atoms with Crippen molar-refractivity contribution < 1.29 is 18.7 Å². The van der Waals surface area contributed by atoms with Crippen molar-refractivity contribution in [1.29, 1.82) is 0 Å². The summed E-state index contributed by atoms with van der Waals surface area (Å²) < 4.78 is 24.5. The van der Waals surface area contributed by atoms with Gasteiger partial charge in [-0.3, -0.25) is 4.79 Å². The van der Waals surface area contributed by atoms with Crippen LogP contribution >= 0.6 is 0 Å². The first-order valence-electron chi connectivity index (χ1n) is 6.34. The molecule has 0 aliphatic heterocycles. The van der Waals surface area contributed by atoms with Gasteiger partial charge in [-0.1, -0.05) is 26.8 Å². The molecule has 0 heterocycles. The van der Waals surface area contributed by atoms with E-state index < -0.39 is 11.9 Å². The Morgan fingerprint density at radius 2 is 2.00 bits per heavy atom. The third-order valence-electron chi connectivity index (χ3n) is 4.19. The van der Waals surface area contributed by atoms with Crippen LogP contribution in [-0.2, 0) is 9.53 Å². The number of hydrogen-bond acceptors (Lipinski definition) is 3. The fraction of sp³-hybridized carbons (Fsp3) is 0.533. The van der Waals surface area contributed by atoms with Gasteiger partial charge >= 0.3 is 5.97 Å². The average Bonchev–Trinajstić information content (AvgIpc) is 2.50. The van der Waals surface area contributed by atoms with E-state index in [1.807, 2.05) is 13.8 Å². The van der Waals surface area contributed by atoms with Crippen LogP contribution in [-0.4, -0.2) is 13.1 Å². The van der Waals surface area contributed by atoms with Crippen molar-refractivity contribution in [2.75, 3.05) is 7.11 Å². The average molecular weight is 266 g/mol. The van der Waals surface area contributed by atoms with Crippen LogP contribution in [0.5, 0.6) is 5.75 Å². The van der Waals surface area contributed by atoms with E-state index in [4.69, 9.17) is 9.47 Å². The number of esters is 1. The van der Waals surface area contributed by atoms with Crippen LogP contribution < -0.4 is 4.74 Å². The minimum atomic E-state index is -0.486. The zero-order chi connectivity index (χ0) is 14.4. The first-order chi connectivity index (χ1) is 8.80. The summed E-state index contributed by atoms with van der Waals surface area (Å²) in [5, 5.41) is 0. The Balaban J connectivity index is 2.64. The molecule has 104 valence electrons. The molecule has 0 N–H and O–H groups in total. The summed E-state index contributed by atoms with van der Waals surface area (Å²) in [5.74, 6) is -0.463. The molecule has 19 heavy (non-hydrogen) atoms. The number of carbonyl (C=O) groups is 1. The zero-order valence-electron chi connectivity index (χ0n) is 11.9. The zero-order valence-corrected chi connectivity index (χ0v) is 11.9. The van der Waals surface area contributed by atoms with Crippen LogP contribution in [0.15, 0.2) is 12.1 Å². The van der Waals surface area contributed by atoms with E-state index in [9.17, 15) is 9.18 Å². The number of ether oxygens (including phenoxy) is 2. The summed E-state index contributed by atoms with van der Waals surface area (Å²) in [6, 6.07) is 3.16. The molecule has 1 aliphatic rings. The highest BCUT2D eigenvalue weighted by molar-refractivity contribution is 5.67. The fourth-order valence-electron chi connectivity index (χ4n) is 2.82. The van der Waals surface area contributed by atoms with E-state index >= 15 is 0 Å². The second-order valence-electron chi connectivity index (χ2n) is 5.62. The van der Waals surface area contributed by atoms with Gasteiger partial charge in [0.15, 0.2) is 11.6 Å². The number of methoxy groups -OCH3 is 1. The summed E-state index contributed by atoms with van der Waals surface area (Å²) >= 11 is 0. The lowest BCUT2D eigenvalue weighted by molar-refractivity contribution is -0.152. The molecule has 1 aliphatic carbocycles. The second-order valence-corrected chi connectivity index (χ2v) is 5.62. The maximum absolute atomic E-state index is 13.9. The monoisotopic (exact) mass is 266 g/mol. The lowest BCUT2D eigenvalue weighted by Gasteiger charge is -2.31.